The van der Waals surface area contributed by atoms with Crippen molar-refractivity contribution in [1.29, 1.82) is 0 Å². The highest BCUT2D eigenvalue weighted by Gasteiger charge is 2.41. The van der Waals surface area contributed by atoms with Crippen LogP contribution in [0, 0.1) is 18.7 Å². The minimum Gasteiger partial charge on any atom is -0.297 e. The van der Waals surface area contributed by atoms with Gasteiger partial charge in [0.2, 0.25) is 0 Å². The highest BCUT2D eigenvalue weighted by molar-refractivity contribution is 6.52. The first-order valence-electron chi connectivity index (χ1n) is 6.18. The number of benzene rings is 1. The first-order valence-corrected chi connectivity index (χ1v) is 6.18. The van der Waals surface area contributed by atoms with Crippen molar-refractivity contribution in [2.24, 2.45) is 5.92 Å². The van der Waals surface area contributed by atoms with Gasteiger partial charge in [-0.05, 0) is 37.5 Å². The highest BCUT2D eigenvalue weighted by Crippen LogP contribution is 2.35. The number of fused-ring (bicyclic) bond motifs is 1. The summed E-state index contributed by atoms with van der Waals surface area (Å²) >= 11 is 0. The Morgan fingerprint density at radius 3 is 2.68 bits per heavy atom. The lowest BCUT2D eigenvalue weighted by atomic mass is 10.1. The molecule has 0 atom stereocenters. The number of nitrogens with zero attached hydrogens (tertiary/aromatic N) is 1. The van der Waals surface area contributed by atoms with Crippen LogP contribution < -0.4 is 4.90 Å². The minimum atomic E-state index is -0.812. The van der Waals surface area contributed by atoms with Crippen LogP contribution in [0.2, 0.25) is 0 Å². The number of anilines is 1. The Morgan fingerprint density at radius 2 is 2.05 bits per heavy atom. The SMILES string of the molecule is Cc1cc(F)c2c(c1)C(=O)C(=O)N2CC(=O)C1CC1. The molecule has 0 unspecified atom stereocenters. The predicted octanol–water partition coefficient (Wildman–Crippen LogP) is 1.64. The topological polar surface area (TPSA) is 54.5 Å². The first-order chi connectivity index (χ1) is 8.99. The molecule has 2 aliphatic rings. The van der Waals surface area contributed by atoms with Gasteiger partial charge in [-0.25, -0.2) is 4.39 Å². The molecule has 4 nitrogen and oxygen atoms in total. The molecule has 1 aliphatic carbocycles. The van der Waals surface area contributed by atoms with Crippen LogP contribution in [0.4, 0.5) is 10.1 Å². The van der Waals surface area contributed by atoms with Gasteiger partial charge in [0.1, 0.15) is 5.82 Å². The van der Waals surface area contributed by atoms with E-state index >= 15 is 0 Å². The van der Waals surface area contributed by atoms with E-state index in [-0.39, 0.29) is 29.5 Å². The summed E-state index contributed by atoms with van der Waals surface area (Å²) in [6.45, 7) is 1.45. The molecule has 1 saturated carbocycles. The highest BCUT2D eigenvalue weighted by atomic mass is 19.1. The molecule has 1 aromatic carbocycles. The number of hydrogen-bond acceptors (Lipinski definition) is 3. The maximum absolute atomic E-state index is 14.0. The third-order valence-corrected chi connectivity index (χ3v) is 3.51. The molecule has 0 radical (unpaired) electrons. The van der Waals surface area contributed by atoms with Crippen LogP contribution in [-0.2, 0) is 9.59 Å². The Balaban J connectivity index is 2.01. The summed E-state index contributed by atoms with van der Waals surface area (Å²) in [6, 6.07) is 2.75. The van der Waals surface area contributed by atoms with Gasteiger partial charge in [-0.15, -0.1) is 0 Å². The molecule has 0 spiro atoms. The van der Waals surface area contributed by atoms with Gasteiger partial charge >= 0.3 is 0 Å². The van der Waals surface area contributed by atoms with Crippen molar-refractivity contribution >= 4 is 23.2 Å². The molecule has 5 heteroatoms. The third kappa shape index (κ3) is 1.85. The summed E-state index contributed by atoms with van der Waals surface area (Å²) < 4.78 is 14.0. The molecule has 19 heavy (non-hydrogen) atoms. The number of ketones is 2. The number of carbonyl (C=O) groups excluding carboxylic acids is 3. The molecular formula is C14H12FNO3. The van der Waals surface area contributed by atoms with Crippen LogP contribution >= 0.6 is 0 Å². The van der Waals surface area contributed by atoms with Crippen LogP contribution in [-0.4, -0.2) is 24.0 Å². The fraction of sp³-hybridized carbons (Fsp3) is 0.357. The van der Waals surface area contributed by atoms with Crippen molar-refractivity contribution in [3.8, 4) is 0 Å². The largest absolute Gasteiger partial charge is 0.299 e. The second kappa shape index (κ2) is 3.98. The second-order valence-corrected chi connectivity index (χ2v) is 5.10. The number of rotatable bonds is 3. The van der Waals surface area contributed by atoms with E-state index in [1.165, 1.54) is 12.1 Å². The smallest absolute Gasteiger partial charge is 0.297 e. The van der Waals surface area contributed by atoms with Gasteiger partial charge in [-0.3, -0.25) is 19.3 Å². The van der Waals surface area contributed by atoms with E-state index in [0.717, 1.165) is 17.7 Å². The Labute approximate surface area is 109 Å². The zero-order valence-electron chi connectivity index (χ0n) is 10.4. The lowest BCUT2D eigenvalue weighted by Gasteiger charge is -2.16. The van der Waals surface area contributed by atoms with Crippen LogP contribution in [0.1, 0.15) is 28.8 Å². The Morgan fingerprint density at radius 1 is 1.37 bits per heavy atom. The average molecular weight is 261 g/mol. The second-order valence-electron chi connectivity index (χ2n) is 5.10. The quantitative estimate of drug-likeness (QED) is 0.777. The zero-order chi connectivity index (χ0) is 13.7. The lowest BCUT2D eigenvalue weighted by molar-refractivity contribution is -0.121. The van der Waals surface area contributed by atoms with Crippen molar-refractivity contribution < 1.29 is 18.8 Å². The molecule has 0 saturated heterocycles. The van der Waals surface area contributed by atoms with Crippen LogP contribution in [0.5, 0.6) is 0 Å². The van der Waals surface area contributed by atoms with E-state index in [0.29, 0.717) is 5.56 Å². The van der Waals surface area contributed by atoms with Crippen molar-refractivity contribution in [2.75, 3.05) is 11.4 Å². The number of halogens is 1. The maximum Gasteiger partial charge on any atom is 0.299 e. The molecule has 1 fully saturated rings. The fourth-order valence-electron chi connectivity index (χ4n) is 2.36. The Hall–Kier alpha value is -2.04. The number of Topliss-reactive ketones (excluding diaryl/α,β-unsaturated/α-hetero) is 2. The van der Waals surface area contributed by atoms with Crippen LogP contribution in [0.25, 0.3) is 0 Å². The van der Waals surface area contributed by atoms with Gasteiger partial charge < -0.3 is 0 Å². The van der Waals surface area contributed by atoms with Gasteiger partial charge in [0.05, 0.1) is 17.8 Å². The van der Waals surface area contributed by atoms with Crippen LogP contribution in [0.15, 0.2) is 12.1 Å². The fourth-order valence-corrected chi connectivity index (χ4v) is 2.36. The molecule has 3 rings (SSSR count). The van der Waals surface area contributed by atoms with E-state index in [9.17, 15) is 18.8 Å². The first kappa shape index (κ1) is 12.0. The summed E-state index contributed by atoms with van der Waals surface area (Å²) in [7, 11) is 0. The van der Waals surface area contributed by atoms with Gasteiger partial charge in [-0.2, -0.15) is 0 Å². The molecule has 0 bridgehead atoms. The number of hydrogen-bond donors (Lipinski definition) is 0. The number of carbonyl (C=O) groups is 3. The van der Waals surface area contributed by atoms with Crippen molar-refractivity contribution in [2.45, 2.75) is 19.8 Å². The number of amides is 1. The average Bonchev–Trinajstić information content (AvgIpc) is 3.15. The van der Waals surface area contributed by atoms with Gasteiger partial charge in [0.25, 0.3) is 11.7 Å². The molecule has 0 N–H and O–H groups in total. The van der Waals surface area contributed by atoms with E-state index < -0.39 is 17.5 Å². The predicted molar refractivity (Wildman–Crippen MR) is 65.6 cm³/mol. The van der Waals surface area contributed by atoms with Crippen molar-refractivity contribution in [3.63, 3.8) is 0 Å². The molecule has 0 aromatic heterocycles. The number of aryl methyl sites for hydroxylation is 1. The van der Waals surface area contributed by atoms with Crippen molar-refractivity contribution in [1.82, 2.24) is 0 Å². The van der Waals surface area contributed by atoms with E-state index in [4.69, 9.17) is 0 Å². The summed E-state index contributed by atoms with van der Waals surface area (Å²) in [4.78, 5) is 36.4. The summed E-state index contributed by atoms with van der Waals surface area (Å²) in [5.41, 5.74) is 0.591. The normalized spacial score (nSPS) is 17.9. The van der Waals surface area contributed by atoms with Gasteiger partial charge in [-0.1, -0.05) is 0 Å². The van der Waals surface area contributed by atoms with Gasteiger partial charge in [0, 0.05) is 5.92 Å². The molecule has 1 amide bonds. The van der Waals surface area contributed by atoms with Gasteiger partial charge in [0.15, 0.2) is 5.78 Å². The third-order valence-electron chi connectivity index (χ3n) is 3.51. The standard InChI is InChI=1S/C14H12FNO3/c1-7-4-9-12(10(15)5-7)16(14(19)13(9)18)6-11(17)8-2-3-8/h4-5,8H,2-3,6H2,1H3. The maximum atomic E-state index is 14.0. The molecular weight excluding hydrogens is 249 g/mol. The van der Waals surface area contributed by atoms with Crippen LogP contribution in [0.3, 0.4) is 0 Å². The minimum absolute atomic E-state index is 0.0274. The molecule has 1 aromatic rings. The van der Waals surface area contributed by atoms with E-state index in [1.54, 1.807) is 6.92 Å². The van der Waals surface area contributed by atoms with E-state index in [1.807, 2.05) is 0 Å². The Bertz CT molecular complexity index is 619. The lowest BCUT2D eigenvalue weighted by Crippen LogP contribution is -2.35. The summed E-state index contributed by atoms with van der Waals surface area (Å²) in [6.07, 6.45) is 1.64. The summed E-state index contributed by atoms with van der Waals surface area (Å²) in [5.74, 6) is -2.30. The molecule has 1 heterocycles. The van der Waals surface area contributed by atoms with E-state index in [2.05, 4.69) is 0 Å². The summed E-state index contributed by atoms with van der Waals surface area (Å²) in [5, 5.41) is 0. The molecule has 1 aliphatic heterocycles. The Kier molecular flexibility index (Phi) is 2.52. The zero-order valence-corrected chi connectivity index (χ0v) is 10.4. The van der Waals surface area contributed by atoms with Crippen molar-refractivity contribution in [3.05, 3.63) is 29.1 Å². The monoisotopic (exact) mass is 261 g/mol. The molecule has 98 valence electrons.